The first-order valence-corrected chi connectivity index (χ1v) is 6.79. The Kier molecular flexibility index (Phi) is 4.65. The zero-order valence-electron chi connectivity index (χ0n) is 9.62. The van der Waals surface area contributed by atoms with E-state index < -0.39 is 22.2 Å². The predicted molar refractivity (Wildman–Crippen MR) is 61.6 cm³/mol. The number of hydrogen-bond donors (Lipinski definition) is 0. The van der Waals surface area contributed by atoms with Crippen LogP contribution < -0.4 is 0 Å². The highest BCUT2D eigenvalue weighted by Crippen LogP contribution is 2.04. The first-order chi connectivity index (χ1) is 7.88. The van der Waals surface area contributed by atoms with Gasteiger partial charge in [-0.25, -0.2) is 4.79 Å². The Labute approximate surface area is 100 Å². The monoisotopic (exact) mass is 258 g/mol. The van der Waals surface area contributed by atoms with Crippen LogP contribution in [0.3, 0.4) is 0 Å². The van der Waals surface area contributed by atoms with Crippen molar-refractivity contribution in [2.75, 3.05) is 6.26 Å². The van der Waals surface area contributed by atoms with E-state index >= 15 is 0 Å². The Balaban J connectivity index is 2.45. The summed E-state index contributed by atoms with van der Waals surface area (Å²) in [6.07, 6.45) is -0.248. The number of ether oxygens (including phenoxy) is 1. The van der Waals surface area contributed by atoms with Crippen molar-refractivity contribution in [2.45, 2.75) is 19.6 Å². The normalized spacial score (nSPS) is 13.1. The van der Waals surface area contributed by atoms with Crippen molar-refractivity contribution in [3.8, 4) is 0 Å². The summed E-state index contributed by atoms with van der Waals surface area (Å²) in [7, 11) is -3.65. The van der Waals surface area contributed by atoms with Gasteiger partial charge in [0.15, 0.2) is 6.10 Å². The summed E-state index contributed by atoms with van der Waals surface area (Å²) < 4.78 is 31.0. The van der Waals surface area contributed by atoms with Crippen LogP contribution in [0.5, 0.6) is 0 Å². The summed E-state index contributed by atoms with van der Waals surface area (Å²) in [5.74, 6) is -0.709. The quantitative estimate of drug-likeness (QED) is 0.584. The van der Waals surface area contributed by atoms with E-state index in [4.69, 9.17) is 4.74 Å². The Hall–Kier alpha value is -1.40. The number of rotatable bonds is 5. The molecule has 0 fully saturated rings. The van der Waals surface area contributed by atoms with Gasteiger partial charge in [-0.05, 0) is 12.5 Å². The molecular weight excluding hydrogens is 244 g/mol. The minimum absolute atomic E-state index is 0.0944. The first kappa shape index (κ1) is 13.7. The molecule has 6 heteroatoms. The van der Waals surface area contributed by atoms with Crippen molar-refractivity contribution in [1.29, 1.82) is 0 Å². The molecule has 5 nitrogen and oxygen atoms in total. The molecule has 0 aliphatic rings. The molecule has 0 saturated heterocycles. The highest BCUT2D eigenvalue weighted by molar-refractivity contribution is 7.86. The molecule has 0 heterocycles. The van der Waals surface area contributed by atoms with Crippen LogP contribution >= 0.6 is 0 Å². The summed E-state index contributed by atoms with van der Waals surface area (Å²) in [6, 6.07) is 9.09. The standard InChI is InChI=1S/C11H14O5S/c1-9(16-17(2,13)14)11(12)15-8-10-6-4-3-5-7-10/h3-7,9H,8H2,1-2H3/t9-/m1/s1. The van der Waals surface area contributed by atoms with Crippen molar-refractivity contribution < 1.29 is 22.1 Å². The fraction of sp³-hybridized carbons (Fsp3) is 0.364. The Morgan fingerprint density at radius 3 is 2.41 bits per heavy atom. The maximum atomic E-state index is 11.4. The van der Waals surface area contributed by atoms with Gasteiger partial charge in [0, 0.05) is 0 Å². The van der Waals surface area contributed by atoms with E-state index in [1.165, 1.54) is 6.92 Å². The average Bonchev–Trinajstić information content (AvgIpc) is 2.25. The van der Waals surface area contributed by atoms with Crippen LogP contribution in [0.25, 0.3) is 0 Å². The smallest absolute Gasteiger partial charge is 0.336 e. The van der Waals surface area contributed by atoms with E-state index in [0.29, 0.717) is 0 Å². The lowest BCUT2D eigenvalue weighted by Crippen LogP contribution is -2.25. The molecule has 0 bridgehead atoms. The van der Waals surface area contributed by atoms with Crippen LogP contribution in [-0.4, -0.2) is 26.7 Å². The van der Waals surface area contributed by atoms with Crippen molar-refractivity contribution in [1.82, 2.24) is 0 Å². The molecule has 1 aromatic rings. The zero-order valence-corrected chi connectivity index (χ0v) is 10.4. The summed E-state index contributed by atoms with van der Waals surface area (Å²) in [5, 5.41) is 0. The highest BCUT2D eigenvalue weighted by Gasteiger charge is 2.19. The van der Waals surface area contributed by atoms with E-state index in [0.717, 1.165) is 11.8 Å². The van der Waals surface area contributed by atoms with Gasteiger partial charge >= 0.3 is 5.97 Å². The molecule has 0 spiro atoms. The van der Waals surface area contributed by atoms with Gasteiger partial charge in [0.05, 0.1) is 6.26 Å². The third kappa shape index (κ3) is 5.46. The van der Waals surface area contributed by atoms with E-state index in [1.54, 1.807) is 12.1 Å². The molecule has 0 radical (unpaired) electrons. The lowest BCUT2D eigenvalue weighted by atomic mass is 10.2. The molecule has 1 rings (SSSR count). The van der Waals surface area contributed by atoms with Crippen LogP contribution in [0, 0.1) is 0 Å². The summed E-state index contributed by atoms with van der Waals surface area (Å²) in [4.78, 5) is 11.4. The second kappa shape index (κ2) is 5.79. The second-order valence-corrected chi connectivity index (χ2v) is 5.14. The van der Waals surface area contributed by atoms with Crippen molar-refractivity contribution in [3.63, 3.8) is 0 Å². The minimum atomic E-state index is -3.65. The molecule has 0 unspecified atom stereocenters. The number of hydrogen-bond acceptors (Lipinski definition) is 5. The fourth-order valence-corrected chi connectivity index (χ4v) is 1.75. The Morgan fingerprint density at radius 2 is 1.88 bits per heavy atom. The highest BCUT2D eigenvalue weighted by atomic mass is 32.2. The molecule has 17 heavy (non-hydrogen) atoms. The molecule has 0 aliphatic heterocycles. The third-order valence-corrected chi connectivity index (χ3v) is 2.51. The molecule has 0 aliphatic carbocycles. The molecule has 94 valence electrons. The van der Waals surface area contributed by atoms with Gasteiger partial charge < -0.3 is 4.74 Å². The van der Waals surface area contributed by atoms with E-state index in [-0.39, 0.29) is 6.61 Å². The average molecular weight is 258 g/mol. The number of carbonyl (C=O) groups is 1. The van der Waals surface area contributed by atoms with Gasteiger partial charge in [-0.2, -0.15) is 8.42 Å². The van der Waals surface area contributed by atoms with Crippen LogP contribution in [0.15, 0.2) is 30.3 Å². The summed E-state index contributed by atoms with van der Waals surface area (Å²) in [6.45, 7) is 1.42. The van der Waals surface area contributed by atoms with Crippen LogP contribution in [-0.2, 0) is 30.4 Å². The molecule has 0 aromatic heterocycles. The lowest BCUT2D eigenvalue weighted by Gasteiger charge is -2.10. The summed E-state index contributed by atoms with van der Waals surface area (Å²) >= 11 is 0. The maximum Gasteiger partial charge on any atom is 0.336 e. The molecule has 1 aromatic carbocycles. The molecule has 0 N–H and O–H groups in total. The van der Waals surface area contributed by atoms with Gasteiger partial charge in [0.1, 0.15) is 6.61 Å². The van der Waals surface area contributed by atoms with Crippen LogP contribution in [0.2, 0.25) is 0 Å². The predicted octanol–water partition coefficient (Wildman–Crippen LogP) is 1.09. The lowest BCUT2D eigenvalue weighted by molar-refractivity contribution is -0.152. The van der Waals surface area contributed by atoms with E-state index in [9.17, 15) is 13.2 Å². The topological polar surface area (TPSA) is 69.7 Å². The van der Waals surface area contributed by atoms with E-state index in [1.807, 2.05) is 18.2 Å². The maximum absolute atomic E-state index is 11.4. The third-order valence-electron chi connectivity index (χ3n) is 1.87. The molecule has 1 atom stereocenters. The number of benzene rings is 1. The fourth-order valence-electron chi connectivity index (χ4n) is 1.15. The molecule has 0 amide bonds. The van der Waals surface area contributed by atoms with Gasteiger partial charge in [-0.15, -0.1) is 0 Å². The van der Waals surface area contributed by atoms with Gasteiger partial charge in [-0.1, -0.05) is 30.3 Å². The Bertz CT molecular complexity index is 466. The van der Waals surface area contributed by atoms with Crippen molar-refractivity contribution in [2.24, 2.45) is 0 Å². The van der Waals surface area contributed by atoms with Gasteiger partial charge in [-0.3, -0.25) is 4.18 Å². The van der Waals surface area contributed by atoms with E-state index in [2.05, 4.69) is 4.18 Å². The molecule has 0 saturated carbocycles. The van der Waals surface area contributed by atoms with Crippen molar-refractivity contribution in [3.05, 3.63) is 35.9 Å². The van der Waals surface area contributed by atoms with Gasteiger partial charge in [0.25, 0.3) is 10.1 Å². The number of esters is 1. The minimum Gasteiger partial charge on any atom is -0.459 e. The van der Waals surface area contributed by atoms with Gasteiger partial charge in [0.2, 0.25) is 0 Å². The SMILES string of the molecule is C[C@@H](OS(C)(=O)=O)C(=O)OCc1ccccc1. The zero-order chi connectivity index (χ0) is 12.9. The van der Waals surface area contributed by atoms with Crippen LogP contribution in [0.4, 0.5) is 0 Å². The molecular formula is C11H14O5S. The first-order valence-electron chi connectivity index (χ1n) is 4.97. The second-order valence-electron chi connectivity index (χ2n) is 3.54. The number of carbonyl (C=O) groups excluding carboxylic acids is 1. The summed E-state index contributed by atoms with van der Waals surface area (Å²) in [5.41, 5.74) is 0.826. The van der Waals surface area contributed by atoms with Crippen LogP contribution in [0.1, 0.15) is 12.5 Å². The Morgan fingerprint density at radius 1 is 1.29 bits per heavy atom. The van der Waals surface area contributed by atoms with Crippen molar-refractivity contribution >= 4 is 16.1 Å². The largest absolute Gasteiger partial charge is 0.459 e.